The van der Waals surface area contributed by atoms with Crippen molar-refractivity contribution in [2.75, 3.05) is 13.1 Å². The highest BCUT2D eigenvalue weighted by molar-refractivity contribution is 5.80. The molecule has 10 fully saturated rings. The van der Waals surface area contributed by atoms with Crippen LogP contribution in [0.15, 0.2) is 52.6 Å². The number of ether oxygens (including phenoxy) is 3. The average molecular weight is 1020 g/mol. The van der Waals surface area contributed by atoms with Crippen molar-refractivity contribution in [3.63, 3.8) is 0 Å². The van der Waals surface area contributed by atoms with Crippen molar-refractivity contribution in [2.24, 2.45) is 81.8 Å². The van der Waals surface area contributed by atoms with Crippen LogP contribution < -0.4 is 5.32 Å². The van der Waals surface area contributed by atoms with Gasteiger partial charge in [0.15, 0.2) is 0 Å². The highest BCUT2D eigenvalue weighted by atomic mass is 16.6. The van der Waals surface area contributed by atoms with Crippen LogP contribution >= 0.6 is 0 Å². The zero-order valence-corrected chi connectivity index (χ0v) is 45.8. The largest absolute Gasteiger partial charge is 0.445 e. The molecule has 410 valence electrons. The quantitative estimate of drug-likeness (QED) is 0.295. The van der Waals surface area contributed by atoms with E-state index < -0.39 is 0 Å². The molecule has 1 N–H and O–H groups in total. The monoisotopic (exact) mass is 1020 g/mol. The van der Waals surface area contributed by atoms with Crippen LogP contribution in [0.25, 0.3) is 0 Å². The van der Waals surface area contributed by atoms with Gasteiger partial charge in [-0.2, -0.15) is 0 Å². The van der Waals surface area contributed by atoms with E-state index in [1.807, 2.05) is 40.8 Å². The Hall–Kier alpha value is -2.81. The lowest BCUT2D eigenvalue weighted by Gasteiger charge is -2.52. The molecule has 20 atom stereocenters. The third-order valence-electron chi connectivity index (χ3n) is 24.5. The number of hydrogen-bond acceptors (Lipinski definition) is 7. The van der Waals surface area contributed by atoms with Gasteiger partial charge < -0.3 is 24.4 Å². The van der Waals surface area contributed by atoms with Gasteiger partial charge in [0.05, 0.1) is 29.5 Å². The molecule has 1 amide bonds. The number of Topliss-reactive ketones (excluding diaryl/α,β-unsaturated/α-hetero) is 2. The molecule has 8 heteroatoms. The maximum Gasteiger partial charge on any atom is 0.410 e. The maximum absolute atomic E-state index is 13.5. The SMILES string of the molecule is C.C.CC1=C2C[C@H]3[C@@H](CC[C@@H]4CC(=O)CC[C@@]43C)[C@@H]2CC[C@@]2(C1)O[C@@H]1C[C@H](C)CN(C(=O)OCc3ccccc3)[C@H]1[C@H]2C.CC1=C2C[C@H]3[C@@H](CC[C@@H]4CC(=O)CC[C@@]43C)[C@@H]2CC[C@@]2(C1)O[C@@H]1C[C@H](C)CN[C@H]1[C@H]2C. The summed E-state index contributed by atoms with van der Waals surface area (Å²) in [5.41, 5.74) is 8.39. The number of rotatable bonds is 2. The molecular weight excluding hydrogens is 917 g/mol. The number of allylic oxidation sites excluding steroid dienone is 2. The summed E-state index contributed by atoms with van der Waals surface area (Å²) in [7, 11) is 0. The second-order valence-electron chi connectivity index (χ2n) is 28.1. The van der Waals surface area contributed by atoms with Crippen molar-refractivity contribution in [3.05, 3.63) is 58.2 Å². The van der Waals surface area contributed by atoms with E-state index in [1.54, 1.807) is 16.7 Å². The first-order valence-electron chi connectivity index (χ1n) is 30.0. The fourth-order valence-electron chi connectivity index (χ4n) is 20.5. The Balaban J connectivity index is 0.000000171. The number of carbonyl (C=O) groups excluding carboxylic acids is 3. The molecule has 4 aliphatic heterocycles. The number of nitrogens with one attached hydrogen (secondary N) is 1. The predicted octanol–water partition coefficient (Wildman–Crippen LogP) is 14.7. The number of piperidine rings is 2. The summed E-state index contributed by atoms with van der Waals surface area (Å²) in [6.45, 7) is 21.6. The van der Waals surface area contributed by atoms with Gasteiger partial charge in [-0.15, -0.1) is 0 Å². The van der Waals surface area contributed by atoms with Crippen LogP contribution in [-0.4, -0.2) is 71.1 Å². The molecule has 1 aromatic carbocycles. The molecule has 8 nitrogen and oxygen atoms in total. The van der Waals surface area contributed by atoms with Gasteiger partial charge in [0.1, 0.15) is 18.2 Å². The van der Waals surface area contributed by atoms with E-state index in [0.29, 0.717) is 70.7 Å². The van der Waals surface area contributed by atoms with Crippen molar-refractivity contribution in [1.29, 1.82) is 0 Å². The Morgan fingerprint density at radius 3 is 1.77 bits per heavy atom. The van der Waals surface area contributed by atoms with E-state index in [1.165, 1.54) is 64.2 Å². The van der Waals surface area contributed by atoms with Crippen LogP contribution in [0.1, 0.15) is 204 Å². The lowest BCUT2D eigenvalue weighted by Crippen LogP contribution is -2.54. The van der Waals surface area contributed by atoms with Crippen LogP contribution in [0.5, 0.6) is 0 Å². The Morgan fingerprint density at radius 1 is 0.676 bits per heavy atom. The Morgan fingerprint density at radius 2 is 1.20 bits per heavy atom. The molecule has 0 aromatic heterocycles. The first-order chi connectivity index (χ1) is 34.5. The minimum Gasteiger partial charge on any atom is -0.445 e. The molecule has 1 aromatic rings. The number of benzene rings is 1. The fraction of sp³-hybridized carbons (Fsp3) is 0.803. The molecule has 4 saturated heterocycles. The van der Waals surface area contributed by atoms with E-state index >= 15 is 0 Å². The standard InChI is InChI=1S/C36H49NO4.C28H43NO2.2CH4/c1-22-16-32-33(37(20-22)34(39)40-21-25-8-6-5-7-9-25)24(3)36(41-32)15-13-28-29-11-10-26-17-27(38)12-14-35(26,4)31(29)18-30(28)23(2)19-36;1-16-11-25-26(29-15-16)18(3)28(31-25)10-8-21-22-6-5-19-12-20(30)7-9-27(19,4)24(22)13-23(21)17(2)14-28;;/h5-9,22,24,26,28-29,31-33H,10-21H2,1-4H3;16,18-19,21-22,24-26,29H,5-15H2,1-4H3;2*1H4/t22-,24+,26+,28-,29-,31-,32+,33-,35-,36-;16-,18+,19+,21-,22-,24-,25+,26-,27-,28-;;/m00../s1. The van der Waals surface area contributed by atoms with Crippen molar-refractivity contribution < 1.29 is 28.6 Å². The highest BCUT2D eigenvalue weighted by Crippen LogP contribution is 2.67. The van der Waals surface area contributed by atoms with Gasteiger partial charge in [0.2, 0.25) is 0 Å². The first kappa shape index (κ1) is 54.5. The first-order valence-corrected chi connectivity index (χ1v) is 30.0. The number of carbonyl (C=O) groups is 3. The molecular formula is C66H100N2O6. The van der Waals surface area contributed by atoms with Crippen molar-refractivity contribution in [2.45, 2.75) is 241 Å². The molecule has 2 spiro atoms. The molecule has 13 rings (SSSR count). The fourth-order valence-corrected chi connectivity index (χ4v) is 20.5. The van der Waals surface area contributed by atoms with E-state index in [2.05, 4.69) is 60.7 Å². The van der Waals surface area contributed by atoms with Crippen LogP contribution in [0.2, 0.25) is 0 Å². The number of likely N-dealkylation sites (tertiary alicyclic amines) is 1. The summed E-state index contributed by atoms with van der Waals surface area (Å²) in [4.78, 5) is 40.0. The smallest absolute Gasteiger partial charge is 0.410 e. The number of nitrogens with zero attached hydrogens (tertiary/aromatic N) is 1. The van der Waals surface area contributed by atoms with Crippen LogP contribution in [0.3, 0.4) is 0 Å². The van der Waals surface area contributed by atoms with E-state index in [4.69, 9.17) is 14.2 Å². The van der Waals surface area contributed by atoms with Gasteiger partial charge in [0, 0.05) is 50.1 Å². The summed E-state index contributed by atoms with van der Waals surface area (Å²) in [6.07, 6.45) is 22.8. The molecule has 74 heavy (non-hydrogen) atoms. The Labute approximate surface area is 448 Å². The molecule has 6 saturated carbocycles. The van der Waals surface area contributed by atoms with Crippen LogP contribution in [0, 0.1) is 81.8 Å². The number of amides is 1. The zero-order chi connectivity index (χ0) is 50.1. The van der Waals surface area contributed by atoms with Gasteiger partial charge >= 0.3 is 6.09 Å². The average Bonchev–Trinajstić information content (AvgIpc) is 4.03. The van der Waals surface area contributed by atoms with Crippen molar-refractivity contribution >= 4 is 17.7 Å². The summed E-state index contributed by atoms with van der Waals surface area (Å²) in [6, 6.07) is 10.6. The van der Waals surface area contributed by atoms with Crippen molar-refractivity contribution in [3.8, 4) is 0 Å². The summed E-state index contributed by atoms with van der Waals surface area (Å²) >= 11 is 0. The van der Waals surface area contributed by atoms with Crippen LogP contribution in [-0.2, 0) is 30.4 Å². The van der Waals surface area contributed by atoms with Gasteiger partial charge in [-0.3, -0.25) is 9.59 Å². The minimum absolute atomic E-state index is 0. The van der Waals surface area contributed by atoms with Crippen molar-refractivity contribution in [1.82, 2.24) is 10.2 Å². The predicted molar refractivity (Wildman–Crippen MR) is 296 cm³/mol. The molecule has 0 unspecified atom stereocenters. The molecule has 12 aliphatic rings. The summed E-state index contributed by atoms with van der Waals surface area (Å²) in [5.74, 6) is 8.88. The molecule has 0 bridgehead atoms. The maximum atomic E-state index is 13.5. The Kier molecular flexibility index (Phi) is 15.1. The molecule has 0 radical (unpaired) electrons. The number of ketones is 2. The zero-order valence-electron chi connectivity index (χ0n) is 45.8. The summed E-state index contributed by atoms with van der Waals surface area (Å²) < 4.78 is 20.1. The number of hydrogen-bond donors (Lipinski definition) is 1. The molecule has 8 aliphatic carbocycles. The van der Waals surface area contributed by atoms with Crippen LogP contribution in [0.4, 0.5) is 4.79 Å². The number of fused-ring (bicyclic) bond motifs is 12. The third kappa shape index (κ3) is 8.99. The topological polar surface area (TPSA) is 94.2 Å². The Bertz CT molecular complexity index is 2340. The minimum atomic E-state index is -0.202. The van der Waals surface area contributed by atoms with Gasteiger partial charge in [0.25, 0.3) is 0 Å². The van der Waals surface area contributed by atoms with E-state index in [9.17, 15) is 14.4 Å². The molecule has 4 heterocycles. The second kappa shape index (κ2) is 20.4. The van der Waals surface area contributed by atoms with E-state index in [-0.39, 0.29) is 50.2 Å². The van der Waals surface area contributed by atoms with Gasteiger partial charge in [-0.05, 0) is 199 Å². The third-order valence-corrected chi connectivity index (χ3v) is 24.5. The second-order valence-corrected chi connectivity index (χ2v) is 28.1. The van der Waals surface area contributed by atoms with Gasteiger partial charge in [-0.25, -0.2) is 4.79 Å². The van der Waals surface area contributed by atoms with E-state index in [0.717, 1.165) is 118 Å². The lowest BCUT2D eigenvalue weighted by molar-refractivity contribution is -0.130. The van der Waals surface area contributed by atoms with Gasteiger partial charge in [-0.1, -0.05) is 109 Å². The summed E-state index contributed by atoms with van der Waals surface area (Å²) in [5, 5.41) is 3.85. The highest BCUT2D eigenvalue weighted by Gasteiger charge is 2.62. The lowest BCUT2D eigenvalue weighted by atomic mass is 9.52. The normalized spacial score (nSPS) is 46.9.